The summed E-state index contributed by atoms with van der Waals surface area (Å²) in [6.45, 7) is 9.08. The molecule has 0 aromatic heterocycles. The average molecular weight is 527 g/mol. The Morgan fingerprint density at radius 2 is 0.921 bits per heavy atom. The van der Waals surface area contributed by atoms with Crippen LogP contribution in [0.2, 0.25) is 0 Å². The van der Waals surface area contributed by atoms with Crippen molar-refractivity contribution in [3.63, 3.8) is 0 Å². The molecule has 0 radical (unpaired) electrons. The summed E-state index contributed by atoms with van der Waals surface area (Å²) in [6.07, 6.45) is -0.525. The van der Waals surface area contributed by atoms with E-state index in [2.05, 4.69) is 0 Å². The molecule has 2 atom stereocenters. The average Bonchev–Trinajstić information content (AvgIpc) is 2.95. The van der Waals surface area contributed by atoms with Crippen molar-refractivity contribution < 1.29 is 38.0 Å². The van der Waals surface area contributed by atoms with Gasteiger partial charge in [-0.3, -0.25) is 9.59 Å². The summed E-state index contributed by atoms with van der Waals surface area (Å²) in [5.74, 6) is 0.728. The fourth-order valence-electron chi connectivity index (χ4n) is 3.98. The van der Waals surface area contributed by atoms with Gasteiger partial charge >= 0.3 is 11.9 Å². The third-order valence-corrected chi connectivity index (χ3v) is 5.85. The summed E-state index contributed by atoms with van der Waals surface area (Å²) in [7, 11) is 0. The van der Waals surface area contributed by atoms with E-state index in [0.717, 1.165) is 21.5 Å². The highest BCUT2D eigenvalue weighted by Gasteiger charge is 2.21. The number of carbonyl (C=O) groups excluding carboxylic acids is 2. The van der Waals surface area contributed by atoms with Gasteiger partial charge < -0.3 is 28.4 Å². The number of hydrogen-bond acceptors (Lipinski definition) is 8. The minimum Gasteiger partial charge on any atom is -0.488 e. The van der Waals surface area contributed by atoms with E-state index in [1.54, 1.807) is 13.8 Å². The van der Waals surface area contributed by atoms with Crippen LogP contribution in [0, 0.1) is 0 Å². The van der Waals surface area contributed by atoms with Gasteiger partial charge in [0.15, 0.2) is 12.2 Å². The number of benzene rings is 3. The van der Waals surface area contributed by atoms with E-state index in [4.69, 9.17) is 28.4 Å². The van der Waals surface area contributed by atoms with Crippen LogP contribution < -0.4 is 9.47 Å². The fraction of sp³-hybridized carbons (Fsp3) is 0.467. The number of fused-ring (bicyclic) bond motifs is 2. The molecule has 0 N–H and O–H groups in total. The molecule has 0 aliphatic heterocycles. The lowest BCUT2D eigenvalue weighted by molar-refractivity contribution is -0.154. The smallest absolute Gasteiger partial charge is 0.305 e. The molecule has 8 nitrogen and oxygen atoms in total. The number of esters is 2. The van der Waals surface area contributed by atoms with Crippen LogP contribution in [0.1, 0.15) is 40.5 Å². The molecule has 0 saturated heterocycles. The van der Waals surface area contributed by atoms with Crippen LogP contribution in [0.3, 0.4) is 0 Å². The summed E-state index contributed by atoms with van der Waals surface area (Å²) in [6, 6.07) is 15.6. The van der Waals surface area contributed by atoms with Crippen LogP contribution in [0.25, 0.3) is 21.5 Å². The zero-order chi connectivity index (χ0) is 27.3. The first-order valence-corrected chi connectivity index (χ1v) is 13.3. The standard InChI is InChI=1S/C30H38O8/c1-5-27(31)37-21(17-33-7-3)19-35-29-23-13-9-11-15-25(23)30(26-16-12-10-14-24(26)29)36-20-22(18-34-8-4)38-28(32)6-2/h9-16,21-22H,5-8,17-20H2,1-4H3. The van der Waals surface area contributed by atoms with Gasteiger partial charge in [-0.1, -0.05) is 62.4 Å². The van der Waals surface area contributed by atoms with Crippen molar-refractivity contribution in [1.82, 2.24) is 0 Å². The Kier molecular flexibility index (Phi) is 11.6. The van der Waals surface area contributed by atoms with Crippen molar-refractivity contribution >= 4 is 33.5 Å². The minimum atomic E-state index is -0.538. The van der Waals surface area contributed by atoms with Crippen molar-refractivity contribution in [2.45, 2.75) is 52.7 Å². The Labute approximate surface area is 224 Å². The summed E-state index contributed by atoms with van der Waals surface area (Å²) >= 11 is 0. The van der Waals surface area contributed by atoms with Crippen LogP contribution in [0.15, 0.2) is 48.5 Å². The molecule has 0 heterocycles. The predicted molar refractivity (Wildman–Crippen MR) is 146 cm³/mol. The maximum Gasteiger partial charge on any atom is 0.305 e. The molecule has 0 fully saturated rings. The van der Waals surface area contributed by atoms with E-state index in [1.165, 1.54) is 0 Å². The lowest BCUT2D eigenvalue weighted by Gasteiger charge is -2.22. The largest absolute Gasteiger partial charge is 0.488 e. The first-order valence-electron chi connectivity index (χ1n) is 13.3. The third-order valence-electron chi connectivity index (χ3n) is 5.85. The van der Waals surface area contributed by atoms with Crippen LogP contribution in [0.5, 0.6) is 11.5 Å². The molecule has 3 rings (SSSR count). The molecule has 206 valence electrons. The Morgan fingerprint density at radius 3 is 1.21 bits per heavy atom. The van der Waals surface area contributed by atoms with E-state index in [1.807, 2.05) is 62.4 Å². The molecule has 8 heteroatoms. The van der Waals surface area contributed by atoms with E-state index in [9.17, 15) is 9.59 Å². The quantitative estimate of drug-likeness (QED) is 0.179. The Hall–Kier alpha value is -3.36. The van der Waals surface area contributed by atoms with Gasteiger partial charge in [-0.2, -0.15) is 0 Å². The maximum absolute atomic E-state index is 12.0. The Balaban J connectivity index is 1.95. The SMILES string of the molecule is CCOCC(COc1c2ccccc2c(OCC(COCC)OC(=O)CC)c2ccccc12)OC(=O)CC. The molecule has 3 aromatic carbocycles. The minimum absolute atomic E-state index is 0.142. The number of carbonyl (C=O) groups is 2. The normalized spacial score (nSPS) is 12.7. The number of rotatable bonds is 16. The molecule has 2 unspecified atom stereocenters. The molecule has 0 aliphatic rings. The molecule has 0 saturated carbocycles. The summed E-state index contributed by atoms with van der Waals surface area (Å²) < 4.78 is 34.8. The maximum atomic E-state index is 12.0. The highest BCUT2D eigenvalue weighted by atomic mass is 16.6. The second-order valence-electron chi connectivity index (χ2n) is 8.62. The summed E-state index contributed by atoms with van der Waals surface area (Å²) in [4.78, 5) is 23.9. The second kappa shape index (κ2) is 15.1. The van der Waals surface area contributed by atoms with Crippen LogP contribution in [-0.2, 0) is 28.5 Å². The molecule has 0 spiro atoms. The number of ether oxygens (including phenoxy) is 6. The third kappa shape index (κ3) is 7.82. The van der Waals surface area contributed by atoms with Crippen molar-refractivity contribution in [3.8, 4) is 11.5 Å². The Morgan fingerprint density at radius 1 is 0.579 bits per heavy atom. The van der Waals surface area contributed by atoms with Gasteiger partial charge in [0.1, 0.15) is 24.7 Å². The van der Waals surface area contributed by atoms with Gasteiger partial charge in [-0.05, 0) is 13.8 Å². The molecular weight excluding hydrogens is 488 g/mol. The van der Waals surface area contributed by atoms with Gasteiger partial charge in [0.05, 0.1) is 13.2 Å². The summed E-state index contributed by atoms with van der Waals surface area (Å²) in [5, 5.41) is 3.41. The van der Waals surface area contributed by atoms with Crippen molar-refractivity contribution in [2.24, 2.45) is 0 Å². The fourth-order valence-corrected chi connectivity index (χ4v) is 3.98. The van der Waals surface area contributed by atoms with Crippen LogP contribution in [-0.4, -0.2) is 63.8 Å². The topological polar surface area (TPSA) is 89.5 Å². The van der Waals surface area contributed by atoms with E-state index >= 15 is 0 Å². The van der Waals surface area contributed by atoms with Gasteiger partial charge in [-0.25, -0.2) is 0 Å². The van der Waals surface area contributed by atoms with E-state index in [0.29, 0.717) is 24.7 Å². The monoisotopic (exact) mass is 526 g/mol. The summed E-state index contributed by atoms with van der Waals surface area (Å²) in [5.41, 5.74) is 0. The zero-order valence-electron chi connectivity index (χ0n) is 22.7. The van der Waals surface area contributed by atoms with Gasteiger partial charge in [0.2, 0.25) is 0 Å². The molecule has 3 aromatic rings. The van der Waals surface area contributed by atoms with Crippen molar-refractivity contribution in [2.75, 3.05) is 39.6 Å². The van der Waals surface area contributed by atoms with E-state index in [-0.39, 0.29) is 51.2 Å². The zero-order valence-corrected chi connectivity index (χ0v) is 22.7. The van der Waals surface area contributed by atoms with E-state index < -0.39 is 12.2 Å². The molecule has 0 aliphatic carbocycles. The first kappa shape index (κ1) is 29.2. The highest BCUT2D eigenvalue weighted by Crippen LogP contribution is 2.42. The van der Waals surface area contributed by atoms with Crippen LogP contribution in [0.4, 0.5) is 0 Å². The second-order valence-corrected chi connectivity index (χ2v) is 8.62. The lowest BCUT2D eigenvalue weighted by Crippen LogP contribution is -2.30. The molecule has 0 amide bonds. The van der Waals surface area contributed by atoms with Crippen molar-refractivity contribution in [3.05, 3.63) is 48.5 Å². The first-order chi connectivity index (χ1) is 18.5. The molecular formula is C30H38O8. The number of hydrogen-bond donors (Lipinski definition) is 0. The predicted octanol–water partition coefficient (Wildman–Crippen LogP) is 5.47. The lowest BCUT2D eigenvalue weighted by atomic mass is 10.0. The molecule has 0 bridgehead atoms. The van der Waals surface area contributed by atoms with Crippen LogP contribution >= 0.6 is 0 Å². The highest BCUT2D eigenvalue weighted by molar-refractivity contribution is 6.11. The van der Waals surface area contributed by atoms with Gasteiger partial charge in [-0.15, -0.1) is 0 Å². The van der Waals surface area contributed by atoms with Gasteiger partial charge in [0.25, 0.3) is 0 Å². The molecule has 38 heavy (non-hydrogen) atoms. The van der Waals surface area contributed by atoms with Gasteiger partial charge in [0, 0.05) is 47.6 Å². The Bertz CT molecular complexity index is 1040. The van der Waals surface area contributed by atoms with Crippen molar-refractivity contribution in [1.29, 1.82) is 0 Å².